The predicted molar refractivity (Wildman–Crippen MR) is 101 cm³/mol. The summed E-state index contributed by atoms with van der Waals surface area (Å²) < 4.78 is 7.30. The number of fused-ring (bicyclic) bond motifs is 1. The molecule has 1 aliphatic heterocycles. The quantitative estimate of drug-likeness (QED) is 0.695. The molecule has 1 aliphatic carbocycles. The Kier molecular flexibility index (Phi) is 4.27. The minimum absolute atomic E-state index is 0.108. The molecule has 0 radical (unpaired) electrons. The molecule has 2 aliphatic rings. The zero-order valence-electron chi connectivity index (χ0n) is 15.4. The van der Waals surface area contributed by atoms with Crippen molar-refractivity contribution in [2.45, 2.75) is 25.3 Å². The van der Waals surface area contributed by atoms with Gasteiger partial charge in [0.25, 0.3) is 5.91 Å². The monoisotopic (exact) mass is 379 g/mol. The lowest BCUT2D eigenvalue weighted by molar-refractivity contribution is 0.0785. The van der Waals surface area contributed by atoms with Crippen LogP contribution in [0.5, 0.6) is 5.88 Å². The van der Waals surface area contributed by atoms with E-state index in [1.54, 1.807) is 15.6 Å². The van der Waals surface area contributed by atoms with Gasteiger partial charge in [-0.1, -0.05) is 0 Å². The van der Waals surface area contributed by atoms with Crippen LogP contribution >= 0.6 is 0 Å². The van der Waals surface area contributed by atoms with E-state index in [0.717, 1.165) is 17.9 Å². The zero-order valence-corrected chi connectivity index (χ0v) is 15.4. The lowest BCUT2D eigenvalue weighted by Crippen LogP contribution is -2.32. The summed E-state index contributed by atoms with van der Waals surface area (Å²) in [4.78, 5) is 27.1. The Morgan fingerprint density at radius 3 is 2.93 bits per heavy atom. The smallest absolute Gasteiger partial charge is 0.274 e. The Morgan fingerprint density at radius 2 is 2.11 bits per heavy atom. The van der Waals surface area contributed by atoms with Crippen LogP contribution in [0.4, 0.5) is 5.82 Å². The number of nitrogens with zero attached hydrogens (tertiary/aromatic N) is 6. The summed E-state index contributed by atoms with van der Waals surface area (Å²) in [5.74, 6) is 1.79. The number of carbonyl (C=O) groups is 1. The van der Waals surface area contributed by atoms with Crippen LogP contribution in [0.15, 0.2) is 36.9 Å². The molecule has 3 aromatic rings. The van der Waals surface area contributed by atoms with E-state index in [-0.39, 0.29) is 11.9 Å². The molecule has 4 heterocycles. The van der Waals surface area contributed by atoms with Gasteiger partial charge in [-0.25, -0.2) is 19.5 Å². The second-order valence-electron chi connectivity index (χ2n) is 7.32. The molecular weight excluding hydrogens is 358 g/mol. The van der Waals surface area contributed by atoms with E-state index in [1.807, 2.05) is 18.3 Å². The van der Waals surface area contributed by atoms with Crippen LogP contribution in [0.25, 0.3) is 5.65 Å². The van der Waals surface area contributed by atoms with Gasteiger partial charge >= 0.3 is 0 Å². The first-order chi connectivity index (χ1) is 13.7. The molecule has 3 aromatic heterocycles. The standard InChI is InChI=1S/C19H21N7O2/c27-19(15-9-22-18(10-21-15)28-12-13-1-2-13)25-7-5-14(11-25)23-16-3-4-17-20-6-8-26(17)24-16/h3-4,6,8-10,13-14H,1-2,5,7,11-12H2,(H,23,24). The van der Waals surface area contributed by atoms with Crippen LogP contribution in [-0.4, -0.2) is 61.1 Å². The van der Waals surface area contributed by atoms with E-state index >= 15 is 0 Å². The van der Waals surface area contributed by atoms with Gasteiger partial charge in [-0.3, -0.25) is 4.79 Å². The number of carbonyl (C=O) groups excluding carboxylic acids is 1. The van der Waals surface area contributed by atoms with Crippen molar-refractivity contribution in [1.29, 1.82) is 0 Å². The van der Waals surface area contributed by atoms with Gasteiger partial charge in [0.05, 0.1) is 19.0 Å². The average Bonchev–Trinajstić information content (AvgIpc) is 3.23. The second kappa shape index (κ2) is 7.06. The van der Waals surface area contributed by atoms with Crippen LogP contribution in [0.1, 0.15) is 29.8 Å². The van der Waals surface area contributed by atoms with Crippen LogP contribution < -0.4 is 10.1 Å². The predicted octanol–water partition coefficient (Wildman–Crippen LogP) is 1.63. The van der Waals surface area contributed by atoms with E-state index < -0.39 is 0 Å². The van der Waals surface area contributed by atoms with Crippen LogP contribution in [-0.2, 0) is 0 Å². The van der Waals surface area contributed by atoms with Crippen molar-refractivity contribution < 1.29 is 9.53 Å². The summed E-state index contributed by atoms with van der Waals surface area (Å²) in [6.07, 6.45) is 9.85. The normalized spacial score (nSPS) is 19.1. The first-order valence-corrected chi connectivity index (χ1v) is 9.56. The SMILES string of the molecule is O=C(c1cnc(OCC2CC2)cn1)N1CCC(Nc2ccc3nccn3n2)C1. The Hall–Kier alpha value is -3.23. The Labute approximate surface area is 161 Å². The second-order valence-corrected chi connectivity index (χ2v) is 7.32. The van der Waals surface area contributed by atoms with Crippen molar-refractivity contribution in [2.24, 2.45) is 5.92 Å². The van der Waals surface area contributed by atoms with E-state index in [4.69, 9.17) is 4.74 Å². The highest BCUT2D eigenvalue weighted by atomic mass is 16.5. The van der Waals surface area contributed by atoms with E-state index in [9.17, 15) is 4.79 Å². The van der Waals surface area contributed by atoms with Crippen molar-refractivity contribution in [3.05, 3.63) is 42.6 Å². The Balaban J connectivity index is 1.18. The first kappa shape index (κ1) is 16.9. The fourth-order valence-corrected chi connectivity index (χ4v) is 3.31. The number of ether oxygens (including phenoxy) is 1. The van der Waals surface area contributed by atoms with Gasteiger partial charge in [0.2, 0.25) is 5.88 Å². The van der Waals surface area contributed by atoms with Gasteiger partial charge in [0, 0.05) is 31.5 Å². The number of hydrogen-bond donors (Lipinski definition) is 1. The maximum absolute atomic E-state index is 12.7. The lowest BCUT2D eigenvalue weighted by Gasteiger charge is -2.17. The molecule has 1 N–H and O–H groups in total. The summed E-state index contributed by atoms with van der Waals surface area (Å²) in [5, 5.41) is 7.87. The summed E-state index contributed by atoms with van der Waals surface area (Å²) in [6.45, 7) is 1.95. The van der Waals surface area contributed by atoms with E-state index in [0.29, 0.717) is 37.2 Å². The van der Waals surface area contributed by atoms with Crippen molar-refractivity contribution in [3.63, 3.8) is 0 Å². The Bertz CT molecular complexity index is 983. The van der Waals surface area contributed by atoms with Crippen LogP contribution in [0, 0.1) is 5.92 Å². The summed E-state index contributed by atoms with van der Waals surface area (Å²) >= 11 is 0. The maximum atomic E-state index is 12.7. The molecule has 1 amide bonds. The Morgan fingerprint density at radius 1 is 1.18 bits per heavy atom. The number of nitrogens with one attached hydrogen (secondary N) is 1. The molecule has 28 heavy (non-hydrogen) atoms. The molecule has 9 heteroatoms. The molecule has 2 fully saturated rings. The largest absolute Gasteiger partial charge is 0.476 e. The highest BCUT2D eigenvalue weighted by Gasteiger charge is 2.28. The number of aromatic nitrogens is 5. The highest BCUT2D eigenvalue weighted by molar-refractivity contribution is 5.92. The van der Waals surface area contributed by atoms with E-state index in [1.165, 1.54) is 25.2 Å². The molecule has 1 unspecified atom stereocenters. The molecule has 144 valence electrons. The minimum Gasteiger partial charge on any atom is -0.476 e. The van der Waals surface area contributed by atoms with Crippen molar-refractivity contribution in [1.82, 2.24) is 29.5 Å². The molecule has 0 spiro atoms. The number of imidazole rings is 1. The highest BCUT2D eigenvalue weighted by Crippen LogP contribution is 2.29. The fraction of sp³-hybridized carbons (Fsp3) is 0.421. The van der Waals surface area contributed by atoms with Gasteiger partial charge in [-0.05, 0) is 37.3 Å². The average molecular weight is 379 g/mol. The third kappa shape index (κ3) is 3.60. The van der Waals surface area contributed by atoms with Crippen molar-refractivity contribution in [2.75, 3.05) is 25.0 Å². The fourth-order valence-electron chi connectivity index (χ4n) is 3.31. The summed E-state index contributed by atoms with van der Waals surface area (Å²) in [6, 6.07) is 3.96. The molecule has 9 nitrogen and oxygen atoms in total. The van der Waals surface area contributed by atoms with Gasteiger partial charge in [0.15, 0.2) is 5.65 Å². The van der Waals surface area contributed by atoms with Gasteiger partial charge in [-0.15, -0.1) is 5.10 Å². The van der Waals surface area contributed by atoms with Gasteiger partial charge in [0.1, 0.15) is 11.5 Å². The minimum atomic E-state index is -0.108. The maximum Gasteiger partial charge on any atom is 0.274 e. The number of rotatable bonds is 6. The number of anilines is 1. The molecule has 1 saturated carbocycles. The lowest BCUT2D eigenvalue weighted by atomic mass is 10.2. The third-order valence-corrected chi connectivity index (χ3v) is 5.09. The molecule has 0 aromatic carbocycles. The van der Waals surface area contributed by atoms with Crippen LogP contribution in [0.3, 0.4) is 0 Å². The van der Waals surface area contributed by atoms with Crippen molar-refractivity contribution in [3.8, 4) is 5.88 Å². The molecule has 0 bridgehead atoms. The van der Waals surface area contributed by atoms with Gasteiger partial charge in [-0.2, -0.15) is 0 Å². The van der Waals surface area contributed by atoms with Gasteiger partial charge < -0.3 is 15.0 Å². The topological polar surface area (TPSA) is 97.5 Å². The zero-order chi connectivity index (χ0) is 18.9. The first-order valence-electron chi connectivity index (χ1n) is 9.56. The van der Waals surface area contributed by atoms with Crippen LogP contribution in [0.2, 0.25) is 0 Å². The molecule has 1 atom stereocenters. The number of likely N-dealkylation sites (tertiary alicyclic amines) is 1. The molecular formula is C19H21N7O2. The third-order valence-electron chi connectivity index (χ3n) is 5.09. The summed E-state index contributed by atoms with van der Waals surface area (Å²) in [7, 11) is 0. The number of hydrogen-bond acceptors (Lipinski definition) is 7. The van der Waals surface area contributed by atoms with Crippen molar-refractivity contribution >= 4 is 17.4 Å². The number of amides is 1. The molecule has 5 rings (SSSR count). The molecule has 1 saturated heterocycles. The summed E-state index contributed by atoms with van der Waals surface area (Å²) in [5.41, 5.74) is 1.15. The van der Waals surface area contributed by atoms with E-state index in [2.05, 4.69) is 25.4 Å².